The van der Waals surface area contributed by atoms with E-state index in [1.165, 1.54) is 12.8 Å². The minimum atomic E-state index is 0.253. The lowest BCUT2D eigenvalue weighted by molar-refractivity contribution is 0.195. The van der Waals surface area contributed by atoms with E-state index in [9.17, 15) is 0 Å². The normalized spacial score (nSPS) is 17.5. The van der Waals surface area contributed by atoms with Crippen LogP contribution in [-0.4, -0.2) is 6.04 Å². The third kappa shape index (κ3) is 3.55. The first-order chi connectivity index (χ1) is 5.43. The lowest BCUT2D eigenvalue weighted by atomic mass is 9.78. The van der Waals surface area contributed by atoms with E-state index < -0.39 is 0 Å². The molecule has 0 aromatic rings. The maximum Gasteiger partial charge on any atom is 0.0284 e. The Morgan fingerprint density at radius 1 is 1.33 bits per heavy atom. The first kappa shape index (κ1) is 11.9. The number of hydrogen-bond acceptors (Lipinski definition) is 2. The summed E-state index contributed by atoms with van der Waals surface area (Å²) in [5.74, 6) is 6.19. The van der Waals surface area contributed by atoms with E-state index in [-0.39, 0.29) is 5.41 Å². The highest BCUT2D eigenvalue weighted by Crippen LogP contribution is 2.26. The Balaban J connectivity index is 4.14. The van der Waals surface area contributed by atoms with Gasteiger partial charge in [0.25, 0.3) is 0 Å². The van der Waals surface area contributed by atoms with Gasteiger partial charge in [0, 0.05) is 6.04 Å². The summed E-state index contributed by atoms with van der Waals surface area (Å²) in [6.45, 7) is 11.2. The van der Waals surface area contributed by atoms with Crippen molar-refractivity contribution in [3.05, 3.63) is 0 Å². The number of rotatable bonds is 4. The Bertz CT molecular complexity index is 115. The summed E-state index contributed by atoms with van der Waals surface area (Å²) in [4.78, 5) is 0. The summed E-state index contributed by atoms with van der Waals surface area (Å²) in [5.41, 5.74) is 3.18. The molecule has 0 saturated heterocycles. The van der Waals surface area contributed by atoms with Crippen molar-refractivity contribution in [3.8, 4) is 0 Å². The molecule has 0 saturated carbocycles. The third-order valence-corrected chi connectivity index (χ3v) is 2.43. The lowest BCUT2D eigenvalue weighted by Crippen LogP contribution is -2.48. The molecule has 0 radical (unpaired) electrons. The van der Waals surface area contributed by atoms with Crippen LogP contribution in [0.2, 0.25) is 0 Å². The molecule has 0 aromatic carbocycles. The summed E-state index contributed by atoms with van der Waals surface area (Å²) >= 11 is 0. The molecule has 2 heteroatoms. The minimum absolute atomic E-state index is 0.253. The third-order valence-electron chi connectivity index (χ3n) is 2.43. The molecule has 0 spiro atoms. The van der Waals surface area contributed by atoms with E-state index in [1.807, 2.05) is 0 Å². The van der Waals surface area contributed by atoms with Crippen LogP contribution in [0.15, 0.2) is 0 Å². The number of hydrazine groups is 1. The summed E-state index contributed by atoms with van der Waals surface area (Å²) in [7, 11) is 0. The average Bonchev–Trinajstić information content (AvgIpc) is 1.85. The summed E-state index contributed by atoms with van der Waals surface area (Å²) in [5, 5.41) is 0. The lowest BCUT2D eigenvalue weighted by Gasteiger charge is -2.34. The van der Waals surface area contributed by atoms with E-state index in [1.54, 1.807) is 0 Å². The summed E-state index contributed by atoms with van der Waals surface area (Å²) in [6.07, 6.45) is 2.47. The monoisotopic (exact) mass is 172 g/mol. The Labute approximate surface area is 76.9 Å². The van der Waals surface area contributed by atoms with Crippen LogP contribution in [0.1, 0.15) is 47.5 Å². The molecule has 12 heavy (non-hydrogen) atoms. The molecule has 0 aromatic heterocycles. The van der Waals surface area contributed by atoms with Gasteiger partial charge in [0.15, 0.2) is 0 Å². The van der Waals surface area contributed by atoms with Gasteiger partial charge in [0.2, 0.25) is 0 Å². The highest BCUT2D eigenvalue weighted by molar-refractivity contribution is 4.82. The molecule has 2 unspecified atom stereocenters. The van der Waals surface area contributed by atoms with Crippen molar-refractivity contribution in [2.24, 2.45) is 17.2 Å². The van der Waals surface area contributed by atoms with Crippen molar-refractivity contribution in [1.29, 1.82) is 0 Å². The zero-order chi connectivity index (χ0) is 9.78. The van der Waals surface area contributed by atoms with Gasteiger partial charge >= 0.3 is 0 Å². The van der Waals surface area contributed by atoms with Gasteiger partial charge in [-0.15, -0.1) is 0 Å². The number of nitrogens with one attached hydrogen (secondary N) is 1. The molecule has 0 bridgehead atoms. The van der Waals surface area contributed by atoms with Gasteiger partial charge in [-0.25, -0.2) is 0 Å². The molecule has 2 nitrogen and oxygen atoms in total. The fourth-order valence-corrected chi connectivity index (χ4v) is 1.89. The van der Waals surface area contributed by atoms with Crippen LogP contribution in [0, 0.1) is 11.3 Å². The van der Waals surface area contributed by atoms with Gasteiger partial charge in [-0.3, -0.25) is 11.3 Å². The highest BCUT2D eigenvalue weighted by atomic mass is 15.2. The molecule has 0 aliphatic rings. The largest absolute Gasteiger partial charge is 0.271 e. The molecule has 0 aliphatic carbocycles. The zero-order valence-electron chi connectivity index (χ0n) is 9.15. The van der Waals surface area contributed by atoms with Crippen LogP contribution in [0.3, 0.4) is 0 Å². The molecular weight excluding hydrogens is 148 g/mol. The standard InChI is InChI=1S/C10H24N2/c1-6-7-8(2)9(12-11)10(3,4)5/h8-9,12H,6-7,11H2,1-5H3. The number of nitrogens with two attached hydrogens (primary N) is 1. The van der Waals surface area contributed by atoms with Gasteiger partial charge in [-0.2, -0.15) is 0 Å². The number of hydrogen-bond donors (Lipinski definition) is 2. The van der Waals surface area contributed by atoms with Crippen LogP contribution in [0.5, 0.6) is 0 Å². The maximum atomic E-state index is 5.54. The van der Waals surface area contributed by atoms with E-state index >= 15 is 0 Å². The fraction of sp³-hybridized carbons (Fsp3) is 1.00. The van der Waals surface area contributed by atoms with E-state index in [2.05, 4.69) is 40.0 Å². The molecule has 0 amide bonds. The second-order valence-corrected chi connectivity index (χ2v) is 4.78. The molecule has 0 aliphatic heterocycles. The van der Waals surface area contributed by atoms with Crippen LogP contribution in [0.25, 0.3) is 0 Å². The molecule has 2 atom stereocenters. The Morgan fingerprint density at radius 3 is 2.08 bits per heavy atom. The van der Waals surface area contributed by atoms with Crippen molar-refractivity contribution in [3.63, 3.8) is 0 Å². The molecule has 0 fully saturated rings. The first-order valence-corrected chi connectivity index (χ1v) is 4.89. The predicted octanol–water partition coefficient (Wildman–Crippen LogP) is 2.30. The van der Waals surface area contributed by atoms with Crippen LogP contribution in [-0.2, 0) is 0 Å². The maximum absolute atomic E-state index is 5.54. The Hall–Kier alpha value is -0.0800. The van der Waals surface area contributed by atoms with Crippen LogP contribution in [0.4, 0.5) is 0 Å². The van der Waals surface area contributed by atoms with E-state index in [4.69, 9.17) is 5.84 Å². The van der Waals surface area contributed by atoms with E-state index in [0.717, 1.165) is 0 Å². The van der Waals surface area contributed by atoms with Crippen molar-refractivity contribution >= 4 is 0 Å². The molecular formula is C10H24N2. The van der Waals surface area contributed by atoms with Crippen LogP contribution >= 0.6 is 0 Å². The Morgan fingerprint density at radius 2 is 1.83 bits per heavy atom. The smallest absolute Gasteiger partial charge is 0.0284 e. The summed E-state index contributed by atoms with van der Waals surface area (Å²) < 4.78 is 0. The zero-order valence-corrected chi connectivity index (χ0v) is 9.15. The predicted molar refractivity (Wildman–Crippen MR) is 54.6 cm³/mol. The average molecular weight is 172 g/mol. The van der Waals surface area contributed by atoms with Gasteiger partial charge in [-0.1, -0.05) is 41.0 Å². The summed E-state index contributed by atoms with van der Waals surface area (Å²) in [6, 6.07) is 0.414. The molecule has 0 rings (SSSR count). The molecule has 74 valence electrons. The Kier molecular flexibility index (Phi) is 4.80. The molecule has 3 N–H and O–H groups in total. The SMILES string of the molecule is CCCC(C)C(NN)C(C)(C)C. The van der Waals surface area contributed by atoms with Crippen molar-refractivity contribution < 1.29 is 0 Å². The second kappa shape index (κ2) is 4.83. The minimum Gasteiger partial charge on any atom is -0.271 e. The van der Waals surface area contributed by atoms with Crippen molar-refractivity contribution in [2.45, 2.75) is 53.5 Å². The topological polar surface area (TPSA) is 38.0 Å². The molecule has 0 heterocycles. The first-order valence-electron chi connectivity index (χ1n) is 4.89. The van der Waals surface area contributed by atoms with Crippen molar-refractivity contribution in [2.75, 3.05) is 0 Å². The van der Waals surface area contributed by atoms with E-state index in [0.29, 0.717) is 12.0 Å². The quantitative estimate of drug-likeness (QED) is 0.504. The second-order valence-electron chi connectivity index (χ2n) is 4.78. The van der Waals surface area contributed by atoms with Gasteiger partial charge in [0.1, 0.15) is 0 Å². The van der Waals surface area contributed by atoms with Gasteiger partial charge in [-0.05, 0) is 17.8 Å². The van der Waals surface area contributed by atoms with Crippen molar-refractivity contribution in [1.82, 2.24) is 5.43 Å². The van der Waals surface area contributed by atoms with Gasteiger partial charge in [0.05, 0.1) is 0 Å². The van der Waals surface area contributed by atoms with Crippen LogP contribution < -0.4 is 11.3 Å². The highest BCUT2D eigenvalue weighted by Gasteiger charge is 2.27. The van der Waals surface area contributed by atoms with Gasteiger partial charge < -0.3 is 0 Å². The fourth-order valence-electron chi connectivity index (χ4n) is 1.89.